The number of hydrogen-bond donors (Lipinski definition) is 2. The summed E-state index contributed by atoms with van der Waals surface area (Å²) in [6, 6.07) is 1.92. The Hall–Kier alpha value is -1.58. The molecule has 19 heavy (non-hydrogen) atoms. The van der Waals surface area contributed by atoms with Gasteiger partial charge in [0.1, 0.15) is 11.6 Å². The summed E-state index contributed by atoms with van der Waals surface area (Å²) in [5, 5.41) is 21.1. The first-order valence-corrected chi connectivity index (χ1v) is 6.36. The van der Waals surface area contributed by atoms with Crippen LogP contribution < -0.4 is 5.32 Å². The maximum absolute atomic E-state index is 12.2. The van der Waals surface area contributed by atoms with E-state index in [1.54, 1.807) is 18.7 Å². The first-order valence-electron chi connectivity index (χ1n) is 6.36. The van der Waals surface area contributed by atoms with Gasteiger partial charge in [0.15, 0.2) is 0 Å². The van der Waals surface area contributed by atoms with Gasteiger partial charge < -0.3 is 20.2 Å². The van der Waals surface area contributed by atoms with E-state index in [2.05, 4.69) is 10.2 Å². The topological polar surface area (TPSA) is 79.6 Å². The highest BCUT2D eigenvalue weighted by atomic mass is 16.3. The van der Waals surface area contributed by atoms with E-state index in [1.807, 2.05) is 13.1 Å². The molecule has 1 aliphatic rings. The van der Waals surface area contributed by atoms with E-state index in [4.69, 9.17) is 10.4 Å². The van der Waals surface area contributed by atoms with Gasteiger partial charge in [-0.1, -0.05) is 0 Å². The van der Waals surface area contributed by atoms with E-state index in [0.717, 1.165) is 13.1 Å². The molecule has 1 fully saturated rings. The quantitative estimate of drug-likeness (QED) is 0.531. The average Bonchev–Trinajstić information content (AvgIpc) is 2.40. The van der Waals surface area contributed by atoms with Gasteiger partial charge in [-0.3, -0.25) is 4.79 Å². The molecule has 0 unspecified atom stereocenters. The Kier molecular flexibility index (Phi) is 5.33. The molecule has 0 atom stereocenters. The predicted molar refractivity (Wildman–Crippen MR) is 72.1 cm³/mol. The van der Waals surface area contributed by atoms with E-state index < -0.39 is 5.54 Å². The molecule has 0 aliphatic carbocycles. The van der Waals surface area contributed by atoms with Gasteiger partial charge >= 0.3 is 0 Å². The van der Waals surface area contributed by atoms with Crippen LogP contribution in [-0.4, -0.2) is 66.2 Å². The lowest BCUT2D eigenvalue weighted by Crippen LogP contribution is -2.48. The molecule has 1 amide bonds. The Morgan fingerprint density at radius 3 is 2.47 bits per heavy atom. The first-order chi connectivity index (χ1) is 8.89. The summed E-state index contributed by atoms with van der Waals surface area (Å²) < 4.78 is 0. The minimum atomic E-state index is -0.551. The van der Waals surface area contributed by atoms with Gasteiger partial charge in [-0.2, -0.15) is 5.26 Å². The normalized spacial score (nSPS) is 18.1. The SMILES string of the molecule is CN1CCN(C(=O)/C(C#N)=C\NC(C)(C)CO)CC1. The number of rotatable bonds is 4. The fourth-order valence-corrected chi connectivity index (χ4v) is 1.63. The van der Waals surface area contributed by atoms with Gasteiger partial charge in [-0.15, -0.1) is 0 Å². The molecule has 1 rings (SSSR count). The van der Waals surface area contributed by atoms with E-state index in [0.29, 0.717) is 13.1 Å². The molecule has 0 bridgehead atoms. The fraction of sp³-hybridized carbons (Fsp3) is 0.692. The third-order valence-corrected chi connectivity index (χ3v) is 3.14. The van der Waals surface area contributed by atoms with Crippen molar-refractivity contribution in [2.45, 2.75) is 19.4 Å². The second kappa shape index (κ2) is 6.55. The van der Waals surface area contributed by atoms with Crippen molar-refractivity contribution in [1.29, 1.82) is 5.26 Å². The number of carbonyl (C=O) groups is 1. The van der Waals surface area contributed by atoms with Crippen LogP contribution in [0, 0.1) is 11.3 Å². The van der Waals surface area contributed by atoms with Crippen molar-refractivity contribution in [2.24, 2.45) is 0 Å². The summed E-state index contributed by atoms with van der Waals surface area (Å²) in [7, 11) is 2.01. The summed E-state index contributed by atoms with van der Waals surface area (Å²) in [4.78, 5) is 16.0. The number of nitrogens with zero attached hydrogens (tertiary/aromatic N) is 3. The van der Waals surface area contributed by atoms with E-state index in [-0.39, 0.29) is 18.1 Å². The Bertz CT molecular complexity index is 390. The van der Waals surface area contributed by atoms with Crippen LogP contribution in [0.15, 0.2) is 11.8 Å². The van der Waals surface area contributed by atoms with Gasteiger partial charge in [0.25, 0.3) is 5.91 Å². The molecular formula is C13H22N4O2. The number of nitriles is 1. The summed E-state index contributed by atoms with van der Waals surface area (Å²) in [5.74, 6) is -0.253. The molecule has 1 heterocycles. The molecule has 0 spiro atoms. The third kappa shape index (κ3) is 4.54. The van der Waals surface area contributed by atoms with Crippen LogP contribution in [0.25, 0.3) is 0 Å². The molecule has 0 saturated carbocycles. The zero-order chi connectivity index (χ0) is 14.5. The van der Waals surface area contributed by atoms with E-state index >= 15 is 0 Å². The molecule has 1 aliphatic heterocycles. The van der Waals surface area contributed by atoms with Crippen LogP contribution in [0.5, 0.6) is 0 Å². The van der Waals surface area contributed by atoms with Crippen LogP contribution in [0.1, 0.15) is 13.8 Å². The second-order valence-corrected chi connectivity index (χ2v) is 5.45. The van der Waals surface area contributed by atoms with Crippen molar-refractivity contribution in [3.8, 4) is 6.07 Å². The molecule has 2 N–H and O–H groups in total. The first kappa shape index (κ1) is 15.5. The Labute approximate surface area is 114 Å². The Morgan fingerprint density at radius 1 is 1.42 bits per heavy atom. The van der Waals surface area contributed by atoms with Gasteiger partial charge in [0, 0.05) is 32.4 Å². The lowest BCUT2D eigenvalue weighted by molar-refractivity contribution is -0.128. The number of hydrogen-bond acceptors (Lipinski definition) is 5. The monoisotopic (exact) mass is 266 g/mol. The van der Waals surface area contributed by atoms with Crippen LogP contribution in [0.4, 0.5) is 0 Å². The molecule has 6 heteroatoms. The molecule has 6 nitrogen and oxygen atoms in total. The molecule has 0 aromatic carbocycles. The lowest BCUT2D eigenvalue weighted by Gasteiger charge is -2.32. The predicted octanol–water partition coefficient (Wildman–Crippen LogP) is -0.472. The number of aliphatic hydroxyl groups is 1. The minimum absolute atomic E-state index is 0.0751. The smallest absolute Gasteiger partial charge is 0.266 e. The highest BCUT2D eigenvalue weighted by Gasteiger charge is 2.23. The van der Waals surface area contributed by atoms with Crippen molar-refractivity contribution >= 4 is 5.91 Å². The molecule has 0 radical (unpaired) electrons. The average molecular weight is 266 g/mol. The van der Waals surface area contributed by atoms with Gasteiger partial charge in [-0.25, -0.2) is 0 Å². The van der Waals surface area contributed by atoms with Crippen molar-refractivity contribution in [3.63, 3.8) is 0 Å². The molecule has 0 aromatic heterocycles. The number of amides is 1. The summed E-state index contributed by atoms with van der Waals surface area (Å²) in [6.07, 6.45) is 1.40. The van der Waals surface area contributed by atoms with Crippen molar-refractivity contribution < 1.29 is 9.90 Å². The lowest BCUT2D eigenvalue weighted by atomic mass is 10.1. The molecule has 0 aromatic rings. The van der Waals surface area contributed by atoms with Gasteiger partial charge in [0.05, 0.1) is 12.1 Å². The standard InChI is InChI=1S/C13H22N4O2/c1-13(2,10-18)15-9-11(8-14)12(19)17-6-4-16(3)5-7-17/h9,15,18H,4-7,10H2,1-3H3/b11-9-. The summed E-state index contributed by atoms with van der Waals surface area (Å²) in [6.45, 7) is 6.41. The zero-order valence-electron chi connectivity index (χ0n) is 11.8. The van der Waals surface area contributed by atoms with Gasteiger partial charge in [0.2, 0.25) is 0 Å². The van der Waals surface area contributed by atoms with Crippen LogP contribution in [0.3, 0.4) is 0 Å². The van der Waals surface area contributed by atoms with Crippen molar-refractivity contribution in [2.75, 3.05) is 39.8 Å². The maximum Gasteiger partial charge on any atom is 0.266 e. The minimum Gasteiger partial charge on any atom is -0.394 e. The second-order valence-electron chi connectivity index (χ2n) is 5.45. The molecular weight excluding hydrogens is 244 g/mol. The number of piperazine rings is 1. The van der Waals surface area contributed by atoms with E-state index in [1.165, 1.54) is 6.20 Å². The highest BCUT2D eigenvalue weighted by molar-refractivity contribution is 5.97. The number of aliphatic hydroxyl groups excluding tert-OH is 1. The summed E-state index contributed by atoms with van der Waals surface area (Å²) in [5.41, 5.74) is -0.476. The third-order valence-electron chi connectivity index (χ3n) is 3.14. The number of carbonyl (C=O) groups excluding carboxylic acids is 1. The van der Waals surface area contributed by atoms with Gasteiger partial charge in [-0.05, 0) is 20.9 Å². The van der Waals surface area contributed by atoms with Crippen LogP contribution >= 0.6 is 0 Å². The number of nitrogens with one attached hydrogen (secondary N) is 1. The molecule has 106 valence electrons. The van der Waals surface area contributed by atoms with E-state index in [9.17, 15) is 4.79 Å². The largest absolute Gasteiger partial charge is 0.394 e. The fourth-order valence-electron chi connectivity index (χ4n) is 1.63. The maximum atomic E-state index is 12.2. The van der Waals surface area contributed by atoms with Crippen molar-refractivity contribution in [1.82, 2.24) is 15.1 Å². The van der Waals surface area contributed by atoms with Crippen LogP contribution in [-0.2, 0) is 4.79 Å². The highest BCUT2D eigenvalue weighted by Crippen LogP contribution is 2.07. The van der Waals surface area contributed by atoms with Crippen molar-refractivity contribution in [3.05, 3.63) is 11.8 Å². The van der Waals surface area contributed by atoms with Crippen LogP contribution in [0.2, 0.25) is 0 Å². The Balaban J connectivity index is 2.67. The number of likely N-dealkylation sites (N-methyl/N-ethyl adjacent to an activating group) is 1. The zero-order valence-corrected chi connectivity index (χ0v) is 11.8. The summed E-state index contributed by atoms with van der Waals surface area (Å²) >= 11 is 0. The molecule has 1 saturated heterocycles. The Morgan fingerprint density at radius 2 is 2.00 bits per heavy atom.